The molecule has 0 aliphatic heterocycles. The molecule has 0 saturated heterocycles. The average molecular weight is 227 g/mol. The number of hydrogen-bond donors (Lipinski definition) is 2. The number of benzene rings is 1. The van der Waals surface area contributed by atoms with Crippen LogP contribution in [0.5, 0.6) is 0 Å². The lowest BCUT2D eigenvalue weighted by atomic mass is 10.1. The van der Waals surface area contributed by atoms with Crippen molar-refractivity contribution in [1.29, 1.82) is 0 Å². The zero-order chi connectivity index (χ0) is 11.7. The van der Waals surface area contributed by atoms with E-state index >= 15 is 0 Å². The number of nitrogens with two attached hydrogens (primary N) is 1. The number of aromatic nitrogens is 2. The van der Waals surface area contributed by atoms with Crippen molar-refractivity contribution in [2.45, 2.75) is 31.2 Å². The minimum Gasteiger partial charge on any atom is -0.325 e. The molecule has 2 aromatic rings. The monoisotopic (exact) mass is 227 g/mol. The van der Waals surface area contributed by atoms with Crippen LogP contribution in [0.25, 0.3) is 11.3 Å². The zero-order valence-corrected chi connectivity index (χ0v) is 9.82. The van der Waals surface area contributed by atoms with E-state index in [1.54, 1.807) is 0 Å². The third-order valence-corrected chi connectivity index (χ3v) is 3.48. The molecule has 3 heteroatoms. The SMILES string of the molecule is NC1(CCc2cc(-c3ccccc3)n[nH]2)CC1. The summed E-state index contributed by atoms with van der Waals surface area (Å²) >= 11 is 0. The van der Waals surface area contributed by atoms with Crippen molar-refractivity contribution in [3.63, 3.8) is 0 Å². The molecule has 1 aliphatic carbocycles. The summed E-state index contributed by atoms with van der Waals surface area (Å²) in [4.78, 5) is 0. The predicted octanol–water partition coefficient (Wildman–Crippen LogP) is 2.50. The standard InChI is InChI=1S/C14H17N3/c15-14(8-9-14)7-6-12-10-13(17-16-12)11-4-2-1-3-5-11/h1-5,10H,6-9,15H2,(H,16,17). The first kappa shape index (κ1) is 10.5. The quantitative estimate of drug-likeness (QED) is 0.843. The van der Waals surface area contributed by atoms with Crippen LogP contribution in [0, 0.1) is 0 Å². The molecule has 0 atom stereocenters. The van der Waals surface area contributed by atoms with E-state index in [-0.39, 0.29) is 5.54 Å². The molecule has 3 nitrogen and oxygen atoms in total. The first-order valence-electron chi connectivity index (χ1n) is 6.14. The number of nitrogens with zero attached hydrogens (tertiary/aromatic N) is 1. The molecule has 3 rings (SSSR count). The van der Waals surface area contributed by atoms with Crippen LogP contribution in [-0.2, 0) is 6.42 Å². The minimum absolute atomic E-state index is 0.123. The van der Waals surface area contributed by atoms with Gasteiger partial charge in [0, 0.05) is 16.8 Å². The van der Waals surface area contributed by atoms with Gasteiger partial charge in [0.15, 0.2) is 0 Å². The van der Waals surface area contributed by atoms with Crippen LogP contribution in [-0.4, -0.2) is 15.7 Å². The summed E-state index contributed by atoms with van der Waals surface area (Å²) in [5.41, 5.74) is 9.55. The zero-order valence-electron chi connectivity index (χ0n) is 9.82. The van der Waals surface area contributed by atoms with Crippen LogP contribution in [0.3, 0.4) is 0 Å². The van der Waals surface area contributed by atoms with Gasteiger partial charge in [0.1, 0.15) is 0 Å². The van der Waals surface area contributed by atoms with Gasteiger partial charge < -0.3 is 5.73 Å². The average Bonchev–Trinajstić information content (AvgIpc) is 2.93. The Hall–Kier alpha value is -1.61. The van der Waals surface area contributed by atoms with Gasteiger partial charge in [-0.2, -0.15) is 5.10 Å². The minimum atomic E-state index is 0.123. The van der Waals surface area contributed by atoms with Gasteiger partial charge in [-0.15, -0.1) is 0 Å². The highest BCUT2D eigenvalue weighted by Crippen LogP contribution is 2.36. The molecule has 1 aromatic carbocycles. The summed E-state index contributed by atoms with van der Waals surface area (Å²) in [5, 5.41) is 7.44. The van der Waals surface area contributed by atoms with Gasteiger partial charge in [0.05, 0.1) is 5.69 Å². The molecule has 0 bridgehead atoms. The number of H-pyrrole nitrogens is 1. The van der Waals surface area contributed by atoms with Crippen LogP contribution in [0.15, 0.2) is 36.4 Å². The largest absolute Gasteiger partial charge is 0.325 e. The van der Waals surface area contributed by atoms with E-state index in [1.165, 1.54) is 18.5 Å². The van der Waals surface area contributed by atoms with E-state index in [4.69, 9.17) is 5.73 Å². The maximum Gasteiger partial charge on any atom is 0.0923 e. The predicted molar refractivity (Wildman–Crippen MR) is 68.5 cm³/mol. The lowest BCUT2D eigenvalue weighted by Crippen LogP contribution is -2.22. The Bertz CT molecular complexity index is 497. The highest BCUT2D eigenvalue weighted by molar-refractivity contribution is 5.58. The van der Waals surface area contributed by atoms with Crippen molar-refractivity contribution in [3.05, 3.63) is 42.1 Å². The van der Waals surface area contributed by atoms with Crippen LogP contribution < -0.4 is 5.73 Å². The Morgan fingerprint density at radius 1 is 1.24 bits per heavy atom. The van der Waals surface area contributed by atoms with E-state index in [9.17, 15) is 0 Å². The molecule has 1 heterocycles. The summed E-state index contributed by atoms with van der Waals surface area (Å²) < 4.78 is 0. The Morgan fingerprint density at radius 3 is 2.71 bits per heavy atom. The summed E-state index contributed by atoms with van der Waals surface area (Å²) in [6, 6.07) is 12.4. The van der Waals surface area contributed by atoms with Crippen LogP contribution in [0.2, 0.25) is 0 Å². The molecule has 88 valence electrons. The molecule has 0 spiro atoms. The maximum absolute atomic E-state index is 6.08. The fourth-order valence-corrected chi connectivity index (χ4v) is 2.04. The molecule has 1 aromatic heterocycles. The second-order valence-corrected chi connectivity index (χ2v) is 5.01. The number of nitrogens with one attached hydrogen (secondary N) is 1. The molecule has 1 saturated carbocycles. The van der Waals surface area contributed by atoms with Crippen molar-refractivity contribution in [1.82, 2.24) is 10.2 Å². The van der Waals surface area contributed by atoms with Crippen LogP contribution in [0.4, 0.5) is 0 Å². The number of hydrogen-bond acceptors (Lipinski definition) is 2. The van der Waals surface area contributed by atoms with Gasteiger partial charge in [0.2, 0.25) is 0 Å². The van der Waals surface area contributed by atoms with Gasteiger partial charge in [-0.25, -0.2) is 0 Å². The molecule has 0 radical (unpaired) electrons. The molecular weight excluding hydrogens is 210 g/mol. The third-order valence-electron chi connectivity index (χ3n) is 3.48. The van der Waals surface area contributed by atoms with E-state index in [2.05, 4.69) is 28.4 Å². The van der Waals surface area contributed by atoms with Gasteiger partial charge >= 0.3 is 0 Å². The molecule has 3 N–H and O–H groups in total. The van der Waals surface area contributed by atoms with Crippen molar-refractivity contribution < 1.29 is 0 Å². The van der Waals surface area contributed by atoms with E-state index in [1.807, 2.05) is 18.2 Å². The highest BCUT2D eigenvalue weighted by atomic mass is 15.1. The lowest BCUT2D eigenvalue weighted by Gasteiger charge is -2.05. The number of aryl methyl sites for hydroxylation is 1. The Kier molecular flexibility index (Phi) is 2.48. The van der Waals surface area contributed by atoms with E-state index < -0.39 is 0 Å². The smallest absolute Gasteiger partial charge is 0.0923 e. The van der Waals surface area contributed by atoms with Crippen molar-refractivity contribution in [3.8, 4) is 11.3 Å². The van der Waals surface area contributed by atoms with Gasteiger partial charge in [-0.3, -0.25) is 5.10 Å². The van der Waals surface area contributed by atoms with E-state index in [0.717, 1.165) is 24.1 Å². The van der Waals surface area contributed by atoms with Crippen LogP contribution in [0.1, 0.15) is 25.0 Å². The molecule has 17 heavy (non-hydrogen) atoms. The molecule has 0 amide bonds. The molecule has 1 aliphatic rings. The highest BCUT2D eigenvalue weighted by Gasteiger charge is 2.37. The van der Waals surface area contributed by atoms with Gasteiger partial charge in [0.25, 0.3) is 0 Å². The summed E-state index contributed by atoms with van der Waals surface area (Å²) in [6.07, 6.45) is 4.40. The van der Waals surface area contributed by atoms with Crippen molar-refractivity contribution in [2.75, 3.05) is 0 Å². The number of aromatic amines is 1. The maximum atomic E-state index is 6.08. The van der Waals surface area contributed by atoms with E-state index in [0.29, 0.717) is 0 Å². The number of rotatable bonds is 4. The Morgan fingerprint density at radius 2 is 2.00 bits per heavy atom. The van der Waals surface area contributed by atoms with Gasteiger partial charge in [-0.05, 0) is 31.7 Å². The van der Waals surface area contributed by atoms with Crippen molar-refractivity contribution in [2.24, 2.45) is 5.73 Å². The van der Waals surface area contributed by atoms with Gasteiger partial charge in [-0.1, -0.05) is 30.3 Å². The topological polar surface area (TPSA) is 54.7 Å². The molecular formula is C14H17N3. The molecule has 1 fully saturated rings. The first-order chi connectivity index (χ1) is 8.25. The first-order valence-corrected chi connectivity index (χ1v) is 6.14. The third kappa shape index (κ3) is 2.39. The lowest BCUT2D eigenvalue weighted by molar-refractivity contribution is 0.602. The molecule has 0 unspecified atom stereocenters. The summed E-state index contributed by atoms with van der Waals surface area (Å²) in [5.74, 6) is 0. The second kappa shape index (κ2) is 4.00. The Balaban J connectivity index is 1.70. The summed E-state index contributed by atoms with van der Waals surface area (Å²) in [7, 11) is 0. The second-order valence-electron chi connectivity index (χ2n) is 5.01. The summed E-state index contributed by atoms with van der Waals surface area (Å²) in [6.45, 7) is 0. The van der Waals surface area contributed by atoms with Crippen molar-refractivity contribution >= 4 is 0 Å². The van der Waals surface area contributed by atoms with Crippen LogP contribution >= 0.6 is 0 Å². The Labute approximate surface area is 101 Å². The normalized spacial score (nSPS) is 17.0. The fraction of sp³-hybridized carbons (Fsp3) is 0.357. The fourth-order valence-electron chi connectivity index (χ4n) is 2.04.